The van der Waals surface area contributed by atoms with E-state index in [0.717, 1.165) is 25.9 Å². The highest BCUT2D eigenvalue weighted by molar-refractivity contribution is 5.72. The molecule has 1 aliphatic rings. The molecule has 3 heteroatoms. The van der Waals surface area contributed by atoms with E-state index in [4.69, 9.17) is 4.74 Å². The second kappa shape index (κ2) is 8.11. The number of carbonyl (C=O) groups excluding carboxylic acids is 1. The van der Waals surface area contributed by atoms with Gasteiger partial charge in [0, 0.05) is 0 Å². The largest absolute Gasteiger partial charge is 0.466 e. The molecular weight excluding hydrogens is 298 g/mol. The molecule has 1 heterocycles. The molecule has 3 rings (SSSR count). The molecule has 0 unspecified atom stereocenters. The van der Waals surface area contributed by atoms with E-state index in [0.29, 0.717) is 6.61 Å². The van der Waals surface area contributed by atoms with Gasteiger partial charge in [-0.2, -0.15) is 0 Å². The second-order valence-corrected chi connectivity index (χ2v) is 6.29. The molecule has 0 amide bonds. The summed E-state index contributed by atoms with van der Waals surface area (Å²) >= 11 is 0. The molecule has 0 N–H and O–H groups in total. The van der Waals surface area contributed by atoms with Crippen LogP contribution in [0.4, 0.5) is 0 Å². The SMILES string of the molecule is CCOC(=O)C1CCN(C(c2ccccc2)c2ccccc2)CC1. The van der Waals surface area contributed by atoms with Gasteiger partial charge < -0.3 is 4.74 Å². The third kappa shape index (κ3) is 3.85. The van der Waals surface area contributed by atoms with Crippen LogP contribution in [-0.4, -0.2) is 30.6 Å². The minimum atomic E-state index is -0.0341. The summed E-state index contributed by atoms with van der Waals surface area (Å²) in [5.41, 5.74) is 2.61. The Kier molecular flexibility index (Phi) is 5.65. The van der Waals surface area contributed by atoms with Crippen LogP contribution in [0.3, 0.4) is 0 Å². The van der Waals surface area contributed by atoms with Crippen LogP contribution in [-0.2, 0) is 9.53 Å². The van der Waals surface area contributed by atoms with Gasteiger partial charge in [-0.25, -0.2) is 0 Å². The van der Waals surface area contributed by atoms with Crippen molar-refractivity contribution in [3.63, 3.8) is 0 Å². The number of piperidine rings is 1. The summed E-state index contributed by atoms with van der Waals surface area (Å²) in [4.78, 5) is 14.5. The van der Waals surface area contributed by atoms with Crippen molar-refractivity contribution in [1.82, 2.24) is 4.90 Å². The molecule has 0 spiro atoms. The maximum Gasteiger partial charge on any atom is 0.309 e. The van der Waals surface area contributed by atoms with Crippen molar-refractivity contribution in [2.75, 3.05) is 19.7 Å². The molecule has 1 aliphatic heterocycles. The van der Waals surface area contributed by atoms with Gasteiger partial charge in [0.05, 0.1) is 18.6 Å². The number of carbonyl (C=O) groups is 1. The molecule has 24 heavy (non-hydrogen) atoms. The summed E-state index contributed by atoms with van der Waals surface area (Å²) in [7, 11) is 0. The fourth-order valence-electron chi connectivity index (χ4n) is 3.54. The van der Waals surface area contributed by atoms with Gasteiger partial charge in [0.15, 0.2) is 0 Å². The van der Waals surface area contributed by atoms with Crippen LogP contribution in [0.5, 0.6) is 0 Å². The number of ether oxygens (including phenoxy) is 1. The maximum atomic E-state index is 12.0. The molecule has 0 atom stereocenters. The number of hydrogen-bond acceptors (Lipinski definition) is 3. The molecule has 2 aromatic carbocycles. The first-order valence-electron chi connectivity index (χ1n) is 8.80. The number of nitrogens with zero attached hydrogens (tertiary/aromatic N) is 1. The first kappa shape index (κ1) is 16.7. The second-order valence-electron chi connectivity index (χ2n) is 6.29. The Morgan fingerprint density at radius 1 is 1.00 bits per heavy atom. The summed E-state index contributed by atoms with van der Waals surface area (Å²) in [6.45, 7) is 4.17. The zero-order valence-corrected chi connectivity index (χ0v) is 14.2. The summed E-state index contributed by atoms with van der Waals surface area (Å²) in [6, 6.07) is 21.5. The van der Waals surface area contributed by atoms with E-state index in [1.807, 2.05) is 6.92 Å². The van der Waals surface area contributed by atoms with Crippen molar-refractivity contribution in [2.24, 2.45) is 5.92 Å². The van der Waals surface area contributed by atoms with Gasteiger partial charge in [-0.05, 0) is 44.0 Å². The van der Waals surface area contributed by atoms with Gasteiger partial charge >= 0.3 is 5.97 Å². The first-order chi connectivity index (χ1) is 11.8. The van der Waals surface area contributed by atoms with Gasteiger partial charge in [0.25, 0.3) is 0 Å². The molecule has 1 fully saturated rings. The van der Waals surface area contributed by atoms with Crippen molar-refractivity contribution in [2.45, 2.75) is 25.8 Å². The number of rotatable bonds is 5. The van der Waals surface area contributed by atoms with Crippen LogP contribution in [0.15, 0.2) is 60.7 Å². The Hall–Kier alpha value is -2.13. The molecule has 0 radical (unpaired) electrons. The highest BCUT2D eigenvalue weighted by Crippen LogP contribution is 2.32. The lowest BCUT2D eigenvalue weighted by Gasteiger charge is -2.37. The van der Waals surface area contributed by atoms with Gasteiger partial charge in [-0.15, -0.1) is 0 Å². The van der Waals surface area contributed by atoms with E-state index in [2.05, 4.69) is 65.6 Å². The van der Waals surface area contributed by atoms with Crippen LogP contribution in [0.2, 0.25) is 0 Å². The molecule has 1 saturated heterocycles. The molecule has 126 valence electrons. The lowest BCUT2D eigenvalue weighted by molar-refractivity contribution is -0.149. The van der Waals surface area contributed by atoms with E-state index >= 15 is 0 Å². The Bertz CT molecular complexity index is 594. The van der Waals surface area contributed by atoms with Gasteiger partial charge in [-0.3, -0.25) is 9.69 Å². The highest BCUT2D eigenvalue weighted by Gasteiger charge is 2.30. The normalized spacial score (nSPS) is 16.2. The zero-order valence-electron chi connectivity index (χ0n) is 14.2. The number of hydrogen-bond donors (Lipinski definition) is 0. The fraction of sp³-hybridized carbons (Fsp3) is 0.381. The third-order valence-corrected chi connectivity index (χ3v) is 4.75. The van der Waals surface area contributed by atoms with E-state index in [1.54, 1.807) is 0 Å². The lowest BCUT2D eigenvalue weighted by Crippen LogP contribution is -2.39. The maximum absolute atomic E-state index is 12.0. The Morgan fingerprint density at radius 3 is 1.96 bits per heavy atom. The highest BCUT2D eigenvalue weighted by atomic mass is 16.5. The van der Waals surface area contributed by atoms with E-state index in [1.165, 1.54) is 11.1 Å². The minimum Gasteiger partial charge on any atom is -0.466 e. The Balaban J connectivity index is 1.77. The predicted molar refractivity (Wildman–Crippen MR) is 95.7 cm³/mol. The van der Waals surface area contributed by atoms with Crippen molar-refractivity contribution >= 4 is 5.97 Å². The molecule has 0 bridgehead atoms. The van der Waals surface area contributed by atoms with Gasteiger partial charge in [0.1, 0.15) is 0 Å². The number of benzene rings is 2. The average molecular weight is 323 g/mol. The Labute approximate surface area is 144 Å². The van der Waals surface area contributed by atoms with E-state index in [-0.39, 0.29) is 17.9 Å². The average Bonchev–Trinajstić information content (AvgIpc) is 2.64. The number of likely N-dealkylation sites (tertiary alicyclic amines) is 1. The smallest absolute Gasteiger partial charge is 0.309 e. The van der Waals surface area contributed by atoms with Crippen LogP contribution < -0.4 is 0 Å². The van der Waals surface area contributed by atoms with Crippen molar-refractivity contribution in [3.8, 4) is 0 Å². The molecule has 0 aromatic heterocycles. The monoisotopic (exact) mass is 323 g/mol. The van der Waals surface area contributed by atoms with E-state index in [9.17, 15) is 4.79 Å². The Morgan fingerprint density at radius 2 is 1.50 bits per heavy atom. The van der Waals surface area contributed by atoms with Gasteiger partial charge in [-0.1, -0.05) is 60.7 Å². The summed E-state index contributed by atoms with van der Waals surface area (Å²) in [5.74, 6) is 0.0153. The summed E-state index contributed by atoms with van der Waals surface area (Å²) in [5, 5.41) is 0. The molecule has 0 saturated carbocycles. The molecule has 3 nitrogen and oxygen atoms in total. The summed E-state index contributed by atoms with van der Waals surface area (Å²) < 4.78 is 5.19. The molecular formula is C21H25NO2. The van der Waals surface area contributed by atoms with Crippen molar-refractivity contribution in [1.29, 1.82) is 0 Å². The quantitative estimate of drug-likeness (QED) is 0.778. The molecule has 2 aromatic rings. The van der Waals surface area contributed by atoms with Crippen LogP contribution >= 0.6 is 0 Å². The van der Waals surface area contributed by atoms with Crippen molar-refractivity contribution < 1.29 is 9.53 Å². The number of esters is 1. The fourth-order valence-corrected chi connectivity index (χ4v) is 3.54. The summed E-state index contributed by atoms with van der Waals surface area (Å²) in [6.07, 6.45) is 1.74. The first-order valence-corrected chi connectivity index (χ1v) is 8.80. The van der Waals surface area contributed by atoms with Crippen LogP contribution in [0.25, 0.3) is 0 Å². The van der Waals surface area contributed by atoms with Crippen molar-refractivity contribution in [3.05, 3.63) is 71.8 Å². The predicted octanol–water partition coefficient (Wildman–Crippen LogP) is 4.05. The molecule has 0 aliphatic carbocycles. The minimum absolute atomic E-state index is 0.0341. The topological polar surface area (TPSA) is 29.5 Å². The zero-order chi connectivity index (χ0) is 16.8. The lowest BCUT2D eigenvalue weighted by atomic mass is 9.91. The van der Waals surface area contributed by atoms with E-state index < -0.39 is 0 Å². The van der Waals surface area contributed by atoms with Crippen LogP contribution in [0.1, 0.15) is 36.9 Å². The third-order valence-electron chi connectivity index (χ3n) is 4.75. The standard InChI is InChI=1S/C21H25NO2/c1-2-24-21(23)19-13-15-22(16-14-19)20(17-9-5-3-6-10-17)18-11-7-4-8-12-18/h3-12,19-20H,2,13-16H2,1H3. The van der Waals surface area contributed by atoms with Gasteiger partial charge in [0.2, 0.25) is 0 Å². The van der Waals surface area contributed by atoms with Crippen LogP contribution in [0, 0.1) is 5.92 Å².